The van der Waals surface area contributed by atoms with Gasteiger partial charge >= 0.3 is 0 Å². The Morgan fingerprint density at radius 2 is 1.38 bits per heavy atom. The van der Waals surface area contributed by atoms with Gasteiger partial charge in [0.05, 0.1) is 0 Å². The molecule has 1 aliphatic rings. The van der Waals surface area contributed by atoms with Crippen LogP contribution in [0.25, 0.3) is 0 Å². The molecular formula is C19H38O2. The zero-order chi connectivity index (χ0) is 15.7. The Balaban J connectivity index is 2.48. The van der Waals surface area contributed by atoms with Crippen LogP contribution in [-0.2, 0) is 9.47 Å². The van der Waals surface area contributed by atoms with Gasteiger partial charge in [0.15, 0.2) is 0 Å². The van der Waals surface area contributed by atoms with Gasteiger partial charge < -0.3 is 9.47 Å². The van der Waals surface area contributed by atoms with Gasteiger partial charge in [0.25, 0.3) is 0 Å². The molecule has 2 nitrogen and oxygen atoms in total. The summed E-state index contributed by atoms with van der Waals surface area (Å²) in [6, 6.07) is 0. The molecular weight excluding hydrogens is 260 g/mol. The number of hydrogen-bond acceptors (Lipinski definition) is 2. The first kappa shape index (κ1) is 19.0. The molecule has 0 radical (unpaired) electrons. The number of hydrogen-bond donors (Lipinski definition) is 0. The Labute approximate surface area is 133 Å². The van der Waals surface area contributed by atoms with Gasteiger partial charge in [-0.05, 0) is 48.9 Å². The zero-order valence-corrected chi connectivity index (χ0v) is 15.1. The first-order chi connectivity index (χ1) is 10.1. The van der Waals surface area contributed by atoms with Crippen molar-refractivity contribution < 1.29 is 9.47 Å². The molecule has 21 heavy (non-hydrogen) atoms. The first-order valence-corrected chi connectivity index (χ1v) is 9.27. The summed E-state index contributed by atoms with van der Waals surface area (Å²) in [5.41, 5.74) is 0. The SMILES string of the molecule is CCCCOCC1CC(C)C(C)C(C)C1COCCCC. The summed E-state index contributed by atoms with van der Waals surface area (Å²) in [5.74, 6) is 3.72. The van der Waals surface area contributed by atoms with Crippen molar-refractivity contribution in [3.63, 3.8) is 0 Å². The molecule has 0 aromatic heterocycles. The Morgan fingerprint density at radius 3 is 1.95 bits per heavy atom. The van der Waals surface area contributed by atoms with Crippen LogP contribution < -0.4 is 0 Å². The van der Waals surface area contributed by atoms with E-state index in [1.165, 1.54) is 32.1 Å². The summed E-state index contributed by atoms with van der Waals surface area (Å²) < 4.78 is 11.9. The molecule has 0 heterocycles. The fraction of sp³-hybridized carbons (Fsp3) is 1.00. The van der Waals surface area contributed by atoms with Crippen molar-refractivity contribution in [3.05, 3.63) is 0 Å². The quantitative estimate of drug-likeness (QED) is 0.518. The van der Waals surface area contributed by atoms with Crippen LogP contribution in [0.2, 0.25) is 0 Å². The molecule has 0 aliphatic heterocycles. The van der Waals surface area contributed by atoms with Crippen molar-refractivity contribution in [3.8, 4) is 0 Å². The van der Waals surface area contributed by atoms with E-state index in [0.717, 1.165) is 44.2 Å². The number of ether oxygens (including phenoxy) is 2. The van der Waals surface area contributed by atoms with E-state index in [1.807, 2.05) is 0 Å². The van der Waals surface area contributed by atoms with Crippen LogP contribution >= 0.6 is 0 Å². The van der Waals surface area contributed by atoms with Crippen LogP contribution in [-0.4, -0.2) is 26.4 Å². The van der Waals surface area contributed by atoms with E-state index in [4.69, 9.17) is 9.47 Å². The van der Waals surface area contributed by atoms with Gasteiger partial charge in [0, 0.05) is 26.4 Å². The lowest BCUT2D eigenvalue weighted by molar-refractivity contribution is -0.0408. The van der Waals surface area contributed by atoms with Crippen molar-refractivity contribution >= 4 is 0 Å². The van der Waals surface area contributed by atoms with Crippen LogP contribution in [0.15, 0.2) is 0 Å². The molecule has 0 bridgehead atoms. The largest absolute Gasteiger partial charge is 0.381 e. The number of unbranched alkanes of at least 4 members (excludes halogenated alkanes) is 2. The van der Waals surface area contributed by atoms with Crippen LogP contribution in [0.4, 0.5) is 0 Å². The Morgan fingerprint density at radius 1 is 0.810 bits per heavy atom. The lowest BCUT2D eigenvalue weighted by Crippen LogP contribution is -2.41. The molecule has 1 aliphatic carbocycles. The van der Waals surface area contributed by atoms with Crippen molar-refractivity contribution in [1.82, 2.24) is 0 Å². The minimum Gasteiger partial charge on any atom is -0.381 e. The summed E-state index contributed by atoms with van der Waals surface area (Å²) in [4.78, 5) is 0. The molecule has 2 heteroatoms. The first-order valence-electron chi connectivity index (χ1n) is 9.27. The average Bonchev–Trinajstić information content (AvgIpc) is 2.48. The second kappa shape index (κ2) is 10.6. The normalized spacial score (nSPS) is 33.3. The van der Waals surface area contributed by atoms with Crippen molar-refractivity contribution in [2.75, 3.05) is 26.4 Å². The maximum Gasteiger partial charge on any atom is 0.0500 e. The molecule has 1 fully saturated rings. The maximum atomic E-state index is 5.97. The molecule has 1 saturated carbocycles. The van der Waals surface area contributed by atoms with Crippen LogP contribution in [0.5, 0.6) is 0 Å². The molecule has 0 aromatic carbocycles. The predicted octanol–water partition coefficient (Wildman–Crippen LogP) is 5.16. The van der Waals surface area contributed by atoms with E-state index < -0.39 is 0 Å². The molecule has 0 spiro atoms. The maximum absolute atomic E-state index is 5.97. The Kier molecular flexibility index (Phi) is 9.59. The van der Waals surface area contributed by atoms with Gasteiger partial charge in [-0.1, -0.05) is 47.5 Å². The predicted molar refractivity (Wildman–Crippen MR) is 90.5 cm³/mol. The van der Waals surface area contributed by atoms with Crippen LogP contribution in [0, 0.1) is 29.6 Å². The molecule has 126 valence electrons. The molecule has 0 saturated heterocycles. The standard InChI is InChI=1S/C19H38O2/c1-6-8-10-20-13-18-12-15(3)16(4)17(5)19(18)14-21-11-9-7-2/h15-19H,6-14H2,1-5H3. The lowest BCUT2D eigenvalue weighted by atomic mass is 9.64. The fourth-order valence-electron chi connectivity index (χ4n) is 3.63. The minimum atomic E-state index is 0.676. The minimum absolute atomic E-state index is 0.676. The lowest BCUT2D eigenvalue weighted by Gasteiger charge is -2.44. The highest BCUT2D eigenvalue weighted by molar-refractivity contribution is 4.87. The van der Waals surface area contributed by atoms with Crippen molar-refractivity contribution in [2.45, 2.75) is 66.7 Å². The third-order valence-electron chi connectivity index (χ3n) is 5.61. The molecule has 0 aromatic rings. The summed E-state index contributed by atoms with van der Waals surface area (Å²) in [7, 11) is 0. The van der Waals surface area contributed by atoms with Gasteiger partial charge in [-0.25, -0.2) is 0 Å². The number of rotatable bonds is 10. The summed E-state index contributed by atoms with van der Waals surface area (Å²) in [6.45, 7) is 15.4. The van der Waals surface area contributed by atoms with E-state index in [-0.39, 0.29) is 0 Å². The highest BCUT2D eigenvalue weighted by Crippen LogP contribution is 2.42. The van der Waals surface area contributed by atoms with E-state index in [9.17, 15) is 0 Å². The topological polar surface area (TPSA) is 18.5 Å². The van der Waals surface area contributed by atoms with Crippen molar-refractivity contribution in [1.29, 1.82) is 0 Å². The highest BCUT2D eigenvalue weighted by atomic mass is 16.5. The summed E-state index contributed by atoms with van der Waals surface area (Å²) in [6.07, 6.45) is 6.12. The summed E-state index contributed by atoms with van der Waals surface area (Å²) in [5, 5.41) is 0. The van der Waals surface area contributed by atoms with E-state index in [2.05, 4.69) is 34.6 Å². The highest BCUT2D eigenvalue weighted by Gasteiger charge is 2.38. The van der Waals surface area contributed by atoms with E-state index >= 15 is 0 Å². The third-order valence-corrected chi connectivity index (χ3v) is 5.61. The Hall–Kier alpha value is -0.0800. The van der Waals surface area contributed by atoms with Gasteiger partial charge in [-0.2, -0.15) is 0 Å². The van der Waals surface area contributed by atoms with E-state index in [0.29, 0.717) is 11.8 Å². The van der Waals surface area contributed by atoms with E-state index in [1.54, 1.807) is 0 Å². The van der Waals surface area contributed by atoms with Gasteiger partial charge in [0.2, 0.25) is 0 Å². The monoisotopic (exact) mass is 298 g/mol. The molecule has 5 unspecified atom stereocenters. The second-order valence-electron chi connectivity index (χ2n) is 7.21. The molecule has 1 rings (SSSR count). The molecule has 5 atom stereocenters. The fourth-order valence-corrected chi connectivity index (χ4v) is 3.63. The third kappa shape index (κ3) is 6.28. The molecule has 0 amide bonds. The van der Waals surface area contributed by atoms with Crippen LogP contribution in [0.3, 0.4) is 0 Å². The second-order valence-corrected chi connectivity index (χ2v) is 7.21. The molecule has 0 N–H and O–H groups in total. The average molecular weight is 299 g/mol. The smallest absolute Gasteiger partial charge is 0.0500 e. The van der Waals surface area contributed by atoms with Gasteiger partial charge in [-0.15, -0.1) is 0 Å². The van der Waals surface area contributed by atoms with Gasteiger partial charge in [0.1, 0.15) is 0 Å². The van der Waals surface area contributed by atoms with Gasteiger partial charge in [-0.3, -0.25) is 0 Å². The zero-order valence-electron chi connectivity index (χ0n) is 15.1. The summed E-state index contributed by atoms with van der Waals surface area (Å²) >= 11 is 0. The van der Waals surface area contributed by atoms with Crippen molar-refractivity contribution in [2.24, 2.45) is 29.6 Å². The van der Waals surface area contributed by atoms with Crippen LogP contribution in [0.1, 0.15) is 66.7 Å². The Bertz CT molecular complexity index is 254.